The predicted octanol–water partition coefficient (Wildman–Crippen LogP) is 1.38. The highest BCUT2D eigenvalue weighted by Gasteiger charge is 2.21. The summed E-state index contributed by atoms with van der Waals surface area (Å²) in [6.45, 7) is 4.11. The summed E-state index contributed by atoms with van der Waals surface area (Å²) in [4.78, 5) is 25.6. The lowest BCUT2D eigenvalue weighted by molar-refractivity contribution is -0.123. The van der Waals surface area contributed by atoms with Crippen LogP contribution in [-0.4, -0.2) is 60.7 Å². The van der Waals surface area contributed by atoms with Crippen molar-refractivity contribution in [2.75, 3.05) is 38.2 Å². The summed E-state index contributed by atoms with van der Waals surface area (Å²) < 4.78 is 5.49. The number of piperidine rings is 1. The molecular weight excluding hydrogens is 334 g/mol. The number of hydrogen-bond acceptors (Lipinski definition) is 5. The largest absolute Gasteiger partial charge is 0.484 e. The van der Waals surface area contributed by atoms with Crippen LogP contribution in [0, 0.1) is 0 Å². The number of aliphatic hydroxyl groups is 1. The first-order chi connectivity index (χ1) is 12.6. The number of hydrogen-bond donors (Lipinski definition) is 3. The lowest BCUT2D eigenvalue weighted by Crippen LogP contribution is -2.46. The van der Waals surface area contributed by atoms with Crippen LogP contribution in [0.5, 0.6) is 5.75 Å². The number of amides is 2. The van der Waals surface area contributed by atoms with Crippen LogP contribution < -0.4 is 15.4 Å². The van der Waals surface area contributed by atoms with Crippen molar-refractivity contribution in [2.24, 2.45) is 0 Å². The van der Waals surface area contributed by atoms with Crippen molar-refractivity contribution in [2.45, 2.75) is 38.6 Å². The van der Waals surface area contributed by atoms with Gasteiger partial charge in [0.15, 0.2) is 6.61 Å². The van der Waals surface area contributed by atoms with E-state index in [2.05, 4.69) is 15.5 Å². The van der Waals surface area contributed by atoms with Crippen molar-refractivity contribution in [3.63, 3.8) is 0 Å². The molecular formula is C19H29N3O4. The molecule has 1 aromatic carbocycles. The normalized spacial score (nSPS) is 17.5. The minimum atomic E-state index is -0.189. The summed E-state index contributed by atoms with van der Waals surface area (Å²) in [5, 5.41) is 15.0. The van der Waals surface area contributed by atoms with Gasteiger partial charge in [-0.15, -0.1) is 0 Å². The fourth-order valence-corrected chi connectivity index (χ4v) is 3.01. The van der Waals surface area contributed by atoms with Crippen LogP contribution >= 0.6 is 0 Å². The van der Waals surface area contributed by atoms with Gasteiger partial charge in [-0.05, 0) is 31.5 Å². The van der Waals surface area contributed by atoms with Crippen molar-refractivity contribution in [3.8, 4) is 5.75 Å². The molecule has 1 unspecified atom stereocenters. The first-order valence-electron chi connectivity index (χ1n) is 9.26. The van der Waals surface area contributed by atoms with Crippen molar-refractivity contribution < 1.29 is 19.4 Å². The lowest BCUT2D eigenvalue weighted by Gasteiger charge is -2.34. The van der Waals surface area contributed by atoms with Crippen molar-refractivity contribution in [1.82, 2.24) is 10.2 Å². The van der Waals surface area contributed by atoms with Crippen LogP contribution in [0.1, 0.15) is 32.6 Å². The molecule has 1 aliphatic heterocycles. The van der Waals surface area contributed by atoms with Gasteiger partial charge in [0.05, 0.1) is 6.61 Å². The van der Waals surface area contributed by atoms with Gasteiger partial charge < -0.3 is 20.5 Å². The first-order valence-corrected chi connectivity index (χ1v) is 9.26. The summed E-state index contributed by atoms with van der Waals surface area (Å²) in [5.74, 6) is 0.273. The molecule has 2 amide bonds. The van der Waals surface area contributed by atoms with E-state index in [-0.39, 0.29) is 31.1 Å². The molecule has 1 saturated heterocycles. The van der Waals surface area contributed by atoms with E-state index in [0.29, 0.717) is 24.4 Å². The molecule has 0 radical (unpaired) electrons. The van der Waals surface area contributed by atoms with Crippen LogP contribution in [0.15, 0.2) is 24.3 Å². The molecule has 144 valence electrons. The Morgan fingerprint density at radius 1 is 1.31 bits per heavy atom. The van der Waals surface area contributed by atoms with Gasteiger partial charge in [0, 0.05) is 37.3 Å². The molecule has 2 rings (SSSR count). The Bertz CT molecular complexity index is 594. The number of carbonyl (C=O) groups is 2. The summed E-state index contributed by atoms with van der Waals surface area (Å²) >= 11 is 0. The number of anilines is 1. The third-order valence-electron chi connectivity index (χ3n) is 4.49. The Hall–Kier alpha value is -2.12. The maximum atomic E-state index is 11.9. The number of nitrogens with zero attached hydrogens (tertiary/aromatic N) is 1. The highest BCUT2D eigenvalue weighted by molar-refractivity contribution is 5.90. The Kier molecular flexibility index (Phi) is 8.37. The molecule has 0 aliphatic carbocycles. The number of nitrogens with one attached hydrogen (secondary N) is 2. The number of aliphatic hydroxyl groups excluding tert-OH is 1. The van der Waals surface area contributed by atoms with Crippen LogP contribution in [-0.2, 0) is 9.59 Å². The number of benzene rings is 1. The fourth-order valence-electron chi connectivity index (χ4n) is 3.01. The molecule has 1 heterocycles. The Balaban J connectivity index is 1.70. The topological polar surface area (TPSA) is 90.9 Å². The summed E-state index contributed by atoms with van der Waals surface area (Å²) in [7, 11) is 0. The van der Waals surface area contributed by atoms with E-state index < -0.39 is 0 Å². The predicted molar refractivity (Wildman–Crippen MR) is 100 cm³/mol. The Labute approximate surface area is 154 Å². The summed E-state index contributed by atoms with van der Waals surface area (Å²) in [6.07, 6.45) is 3.71. The van der Waals surface area contributed by atoms with E-state index in [9.17, 15) is 14.7 Å². The third kappa shape index (κ3) is 6.65. The van der Waals surface area contributed by atoms with Crippen molar-refractivity contribution in [3.05, 3.63) is 24.3 Å². The zero-order chi connectivity index (χ0) is 18.8. The lowest BCUT2D eigenvalue weighted by atomic mass is 10.0. The fraction of sp³-hybridized carbons (Fsp3) is 0.579. The van der Waals surface area contributed by atoms with Gasteiger partial charge in [-0.25, -0.2) is 0 Å². The molecule has 1 atom stereocenters. The minimum Gasteiger partial charge on any atom is -0.484 e. The third-order valence-corrected chi connectivity index (χ3v) is 4.49. The van der Waals surface area contributed by atoms with E-state index >= 15 is 0 Å². The molecule has 26 heavy (non-hydrogen) atoms. The first kappa shape index (κ1) is 20.2. The number of ether oxygens (including phenoxy) is 1. The van der Waals surface area contributed by atoms with E-state index in [1.807, 2.05) is 0 Å². The smallest absolute Gasteiger partial charge is 0.257 e. The van der Waals surface area contributed by atoms with Crippen LogP contribution in [0.4, 0.5) is 5.69 Å². The van der Waals surface area contributed by atoms with Crippen molar-refractivity contribution in [1.29, 1.82) is 0 Å². The molecule has 3 N–H and O–H groups in total. The molecule has 0 spiro atoms. The molecule has 1 aliphatic rings. The van der Waals surface area contributed by atoms with Gasteiger partial charge >= 0.3 is 0 Å². The molecule has 1 fully saturated rings. The monoisotopic (exact) mass is 363 g/mol. The Morgan fingerprint density at radius 2 is 2.15 bits per heavy atom. The molecule has 1 aromatic rings. The van der Waals surface area contributed by atoms with E-state index in [1.165, 1.54) is 0 Å². The Morgan fingerprint density at radius 3 is 2.92 bits per heavy atom. The standard InChI is InChI=1S/C19H29N3O4/c1-2-18(24)21-15-6-5-8-17(12-15)26-14-19(25)20-9-11-22-10-4-3-7-16(22)13-23/h5-6,8,12,16,23H,2-4,7,9-11,13-14H2,1H3,(H,20,25)(H,21,24). The van der Waals surface area contributed by atoms with Crippen LogP contribution in [0.3, 0.4) is 0 Å². The van der Waals surface area contributed by atoms with Crippen LogP contribution in [0.25, 0.3) is 0 Å². The quantitative estimate of drug-likeness (QED) is 0.617. The number of carbonyl (C=O) groups excluding carboxylic acids is 2. The average Bonchev–Trinajstić information content (AvgIpc) is 2.67. The molecule has 0 aromatic heterocycles. The van der Waals surface area contributed by atoms with E-state index in [0.717, 1.165) is 32.4 Å². The second kappa shape index (κ2) is 10.8. The maximum Gasteiger partial charge on any atom is 0.257 e. The van der Waals surface area contributed by atoms with Crippen molar-refractivity contribution >= 4 is 17.5 Å². The van der Waals surface area contributed by atoms with Gasteiger partial charge in [-0.2, -0.15) is 0 Å². The van der Waals surface area contributed by atoms with Gasteiger partial charge in [0.2, 0.25) is 5.91 Å². The molecule has 7 nitrogen and oxygen atoms in total. The second-order valence-corrected chi connectivity index (χ2v) is 6.44. The zero-order valence-electron chi connectivity index (χ0n) is 15.4. The van der Waals surface area contributed by atoms with Gasteiger partial charge in [0.1, 0.15) is 5.75 Å². The highest BCUT2D eigenvalue weighted by atomic mass is 16.5. The van der Waals surface area contributed by atoms with Gasteiger partial charge in [-0.3, -0.25) is 14.5 Å². The maximum absolute atomic E-state index is 11.9. The second-order valence-electron chi connectivity index (χ2n) is 6.44. The van der Waals surface area contributed by atoms with Gasteiger partial charge in [0.25, 0.3) is 5.91 Å². The van der Waals surface area contributed by atoms with Gasteiger partial charge in [-0.1, -0.05) is 19.4 Å². The van der Waals surface area contributed by atoms with Crippen LogP contribution in [0.2, 0.25) is 0 Å². The molecule has 0 saturated carbocycles. The summed E-state index contributed by atoms with van der Waals surface area (Å²) in [5.41, 5.74) is 0.648. The average molecular weight is 363 g/mol. The number of likely N-dealkylation sites (tertiary alicyclic amines) is 1. The summed E-state index contributed by atoms with van der Waals surface area (Å²) in [6, 6.07) is 7.19. The minimum absolute atomic E-state index is 0.0706. The molecule has 0 bridgehead atoms. The van der Waals surface area contributed by atoms with E-state index in [4.69, 9.17) is 4.74 Å². The highest BCUT2D eigenvalue weighted by Crippen LogP contribution is 2.17. The number of rotatable bonds is 9. The van der Waals surface area contributed by atoms with E-state index in [1.54, 1.807) is 31.2 Å². The molecule has 7 heteroatoms. The SMILES string of the molecule is CCC(=O)Nc1cccc(OCC(=O)NCCN2CCCCC2CO)c1. The zero-order valence-corrected chi connectivity index (χ0v) is 15.4.